The molecule has 1 rings (SSSR count). The molecular formula is C8H8FIOS. The van der Waals surface area contributed by atoms with Crippen LogP contribution < -0.4 is 4.74 Å². The van der Waals surface area contributed by atoms with Gasteiger partial charge in [-0.05, 0) is 41.0 Å². The number of hydrogen-bond donors (Lipinski definition) is 0. The van der Waals surface area contributed by atoms with Crippen LogP contribution >= 0.6 is 34.4 Å². The van der Waals surface area contributed by atoms with Gasteiger partial charge >= 0.3 is 0 Å². The molecule has 66 valence electrons. The molecule has 0 aromatic heterocycles. The van der Waals surface area contributed by atoms with Gasteiger partial charge in [0.1, 0.15) is 17.5 Å². The standard InChI is InChI=1S/C8H8FIOS/c1-12-5-11-7-4-2-3-6(9)8(7)10/h2-4H,5H2,1H3. The predicted octanol–water partition coefficient (Wildman–Crippen LogP) is 3.13. The zero-order chi connectivity index (χ0) is 8.97. The molecule has 0 fully saturated rings. The smallest absolute Gasteiger partial charge is 0.140 e. The van der Waals surface area contributed by atoms with Crippen molar-refractivity contribution < 1.29 is 9.13 Å². The first-order valence-electron chi connectivity index (χ1n) is 3.31. The second kappa shape index (κ2) is 4.91. The summed E-state index contributed by atoms with van der Waals surface area (Å²) in [7, 11) is 0. The van der Waals surface area contributed by atoms with Crippen molar-refractivity contribution in [2.45, 2.75) is 0 Å². The molecule has 12 heavy (non-hydrogen) atoms. The Hall–Kier alpha value is 0.0300. The molecule has 0 amide bonds. The third-order valence-corrected chi connectivity index (χ3v) is 2.65. The van der Waals surface area contributed by atoms with Gasteiger partial charge in [-0.15, -0.1) is 11.8 Å². The van der Waals surface area contributed by atoms with E-state index in [1.165, 1.54) is 6.07 Å². The van der Waals surface area contributed by atoms with Gasteiger partial charge in [-0.2, -0.15) is 0 Å². The molecule has 1 aromatic carbocycles. The fraction of sp³-hybridized carbons (Fsp3) is 0.250. The van der Waals surface area contributed by atoms with E-state index in [4.69, 9.17) is 4.74 Å². The largest absolute Gasteiger partial charge is 0.482 e. The van der Waals surface area contributed by atoms with E-state index < -0.39 is 0 Å². The Kier molecular flexibility index (Phi) is 4.14. The topological polar surface area (TPSA) is 9.23 Å². The third kappa shape index (κ3) is 2.52. The highest BCUT2D eigenvalue weighted by Gasteiger charge is 2.04. The van der Waals surface area contributed by atoms with Crippen molar-refractivity contribution in [2.75, 3.05) is 12.2 Å². The van der Waals surface area contributed by atoms with E-state index in [0.29, 0.717) is 15.3 Å². The van der Waals surface area contributed by atoms with Gasteiger partial charge < -0.3 is 4.74 Å². The molecule has 0 unspecified atom stereocenters. The van der Waals surface area contributed by atoms with Gasteiger partial charge in [0, 0.05) is 0 Å². The van der Waals surface area contributed by atoms with Crippen LogP contribution in [0.15, 0.2) is 18.2 Å². The monoisotopic (exact) mass is 298 g/mol. The first kappa shape index (κ1) is 10.1. The van der Waals surface area contributed by atoms with Gasteiger partial charge in [-0.25, -0.2) is 4.39 Å². The highest BCUT2D eigenvalue weighted by atomic mass is 127. The molecule has 0 aliphatic carbocycles. The van der Waals surface area contributed by atoms with Crippen molar-refractivity contribution in [3.05, 3.63) is 27.6 Å². The number of halogens is 2. The quantitative estimate of drug-likeness (QED) is 0.626. The lowest BCUT2D eigenvalue weighted by atomic mass is 10.3. The van der Waals surface area contributed by atoms with Gasteiger partial charge in [0.25, 0.3) is 0 Å². The first-order chi connectivity index (χ1) is 5.75. The average Bonchev–Trinajstić information content (AvgIpc) is 2.08. The van der Waals surface area contributed by atoms with Crippen LogP contribution in [0.2, 0.25) is 0 Å². The SMILES string of the molecule is CSCOc1cccc(F)c1I. The molecule has 0 heterocycles. The highest BCUT2D eigenvalue weighted by Crippen LogP contribution is 2.23. The minimum absolute atomic E-state index is 0.228. The lowest BCUT2D eigenvalue weighted by Gasteiger charge is -2.05. The maximum atomic E-state index is 12.9. The van der Waals surface area contributed by atoms with Crippen LogP contribution in [0.4, 0.5) is 4.39 Å². The maximum Gasteiger partial charge on any atom is 0.140 e. The van der Waals surface area contributed by atoms with Crippen molar-refractivity contribution in [2.24, 2.45) is 0 Å². The first-order valence-corrected chi connectivity index (χ1v) is 5.78. The molecule has 1 aromatic rings. The van der Waals surface area contributed by atoms with Crippen LogP contribution in [0, 0.1) is 9.39 Å². The van der Waals surface area contributed by atoms with Gasteiger partial charge in [0.15, 0.2) is 0 Å². The molecular weight excluding hydrogens is 290 g/mol. The molecule has 4 heteroatoms. The lowest BCUT2D eigenvalue weighted by Crippen LogP contribution is -1.95. The van der Waals surface area contributed by atoms with Crippen LogP contribution in [0.25, 0.3) is 0 Å². The summed E-state index contributed by atoms with van der Waals surface area (Å²) in [4.78, 5) is 0. The van der Waals surface area contributed by atoms with Crippen molar-refractivity contribution in [1.29, 1.82) is 0 Å². The Bertz CT molecular complexity index is 267. The van der Waals surface area contributed by atoms with Crippen LogP contribution in [0.5, 0.6) is 5.75 Å². The van der Waals surface area contributed by atoms with Crippen molar-refractivity contribution in [3.63, 3.8) is 0 Å². The molecule has 0 N–H and O–H groups in total. The zero-order valence-electron chi connectivity index (χ0n) is 6.51. The fourth-order valence-corrected chi connectivity index (χ4v) is 1.48. The maximum absolute atomic E-state index is 12.9. The second-order valence-corrected chi connectivity index (χ2v) is 3.99. The number of hydrogen-bond acceptors (Lipinski definition) is 2. The summed E-state index contributed by atoms with van der Waals surface area (Å²) in [5.74, 6) is 0.943. The van der Waals surface area contributed by atoms with Crippen LogP contribution in [0.3, 0.4) is 0 Å². The minimum atomic E-state index is -0.228. The lowest BCUT2D eigenvalue weighted by molar-refractivity contribution is 0.387. The Balaban J connectivity index is 2.78. The van der Waals surface area contributed by atoms with Crippen molar-refractivity contribution in [3.8, 4) is 5.75 Å². The van der Waals surface area contributed by atoms with E-state index in [-0.39, 0.29) is 5.82 Å². The third-order valence-electron chi connectivity index (χ3n) is 1.25. The van der Waals surface area contributed by atoms with E-state index in [9.17, 15) is 4.39 Å². The predicted molar refractivity (Wildman–Crippen MR) is 58.1 cm³/mol. The van der Waals surface area contributed by atoms with E-state index in [1.807, 2.05) is 28.8 Å². The summed E-state index contributed by atoms with van der Waals surface area (Å²) in [6.45, 7) is 0. The molecule has 0 saturated carbocycles. The summed E-state index contributed by atoms with van der Waals surface area (Å²) < 4.78 is 18.7. The van der Waals surface area contributed by atoms with Gasteiger partial charge in [0.05, 0.1) is 3.57 Å². The summed E-state index contributed by atoms with van der Waals surface area (Å²) in [6.07, 6.45) is 1.94. The molecule has 1 nitrogen and oxygen atoms in total. The molecule has 0 aliphatic heterocycles. The Labute approximate surface area is 88.8 Å². The van der Waals surface area contributed by atoms with E-state index in [1.54, 1.807) is 23.9 Å². The van der Waals surface area contributed by atoms with Crippen molar-refractivity contribution >= 4 is 34.4 Å². The number of benzene rings is 1. The fourth-order valence-electron chi connectivity index (χ4n) is 0.718. The summed E-state index contributed by atoms with van der Waals surface area (Å²) in [5, 5.41) is 0. The number of ether oxygens (including phenoxy) is 1. The van der Waals surface area contributed by atoms with Gasteiger partial charge in [0.2, 0.25) is 0 Å². The number of rotatable bonds is 3. The zero-order valence-corrected chi connectivity index (χ0v) is 9.49. The molecule has 0 atom stereocenters. The van der Waals surface area contributed by atoms with Gasteiger partial charge in [-0.1, -0.05) is 6.07 Å². The van der Waals surface area contributed by atoms with E-state index >= 15 is 0 Å². The normalized spacial score (nSPS) is 9.92. The van der Waals surface area contributed by atoms with Crippen LogP contribution in [-0.4, -0.2) is 12.2 Å². The van der Waals surface area contributed by atoms with Crippen LogP contribution in [-0.2, 0) is 0 Å². The Morgan fingerprint density at radius 1 is 1.58 bits per heavy atom. The summed E-state index contributed by atoms with van der Waals surface area (Å²) >= 11 is 3.50. The van der Waals surface area contributed by atoms with Crippen molar-refractivity contribution in [1.82, 2.24) is 0 Å². The summed E-state index contributed by atoms with van der Waals surface area (Å²) in [6, 6.07) is 4.84. The summed E-state index contributed by atoms with van der Waals surface area (Å²) in [5.41, 5.74) is 0. The second-order valence-electron chi connectivity index (χ2n) is 2.10. The highest BCUT2D eigenvalue weighted by molar-refractivity contribution is 14.1. The molecule has 0 saturated heterocycles. The Morgan fingerprint density at radius 3 is 3.00 bits per heavy atom. The van der Waals surface area contributed by atoms with E-state index in [0.717, 1.165) is 0 Å². The molecule has 0 aliphatic rings. The van der Waals surface area contributed by atoms with Gasteiger partial charge in [-0.3, -0.25) is 0 Å². The van der Waals surface area contributed by atoms with E-state index in [2.05, 4.69) is 0 Å². The molecule has 0 spiro atoms. The average molecular weight is 298 g/mol. The molecule has 0 radical (unpaired) electrons. The minimum Gasteiger partial charge on any atom is -0.482 e. The van der Waals surface area contributed by atoms with Crippen LogP contribution in [0.1, 0.15) is 0 Å². The number of thioether (sulfide) groups is 1. The molecule has 0 bridgehead atoms. The Morgan fingerprint density at radius 2 is 2.33 bits per heavy atom.